The Morgan fingerprint density at radius 2 is 1.61 bits per heavy atom. The molecular formula is C19H27NO8. The molecule has 2 aliphatic rings. The summed E-state index contributed by atoms with van der Waals surface area (Å²) in [6, 6.07) is 2.46. The molecule has 5 N–H and O–H groups in total. The van der Waals surface area contributed by atoms with E-state index in [-0.39, 0.29) is 40.9 Å². The van der Waals surface area contributed by atoms with Crippen molar-refractivity contribution in [3.63, 3.8) is 0 Å². The maximum Gasteiger partial charge on any atom is 0.289 e. The van der Waals surface area contributed by atoms with Crippen molar-refractivity contribution in [1.29, 1.82) is 0 Å². The highest BCUT2D eigenvalue weighted by molar-refractivity contribution is 5.83. The van der Waals surface area contributed by atoms with Gasteiger partial charge in [0.1, 0.15) is 5.78 Å². The van der Waals surface area contributed by atoms with E-state index in [2.05, 4.69) is 0 Å². The molecule has 0 aliphatic carbocycles. The second-order valence-electron chi connectivity index (χ2n) is 7.96. The number of piperidine rings is 1. The minimum Gasteiger partial charge on any atom is -0.493 e. The number of benzene rings is 1. The predicted octanol–water partition coefficient (Wildman–Crippen LogP) is -0.425. The lowest BCUT2D eigenvalue weighted by atomic mass is 9.74. The fourth-order valence-corrected chi connectivity index (χ4v) is 4.22. The summed E-state index contributed by atoms with van der Waals surface area (Å²) in [7, 11) is 2.70. The van der Waals surface area contributed by atoms with Gasteiger partial charge >= 0.3 is 0 Å². The van der Waals surface area contributed by atoms with Gasteiger partial charge in [-0.2, -0.15) is 0 Å². The molecule has 9 heteroatoms. The van der Waals surface area contributed by atoms with Gasteiger partial charge in [-0.25, -0.2) is 4.90 Å². The Bertz CT molecular complexity index is 790. The summed E-state index contributed by atoms with van der Waals surface area (Å²) in [4.78, 5) is 13.5. The number of hydrogen-bond acceptors (Lipinski definition) is 9. The van der Waals surface area contributed by atoms with E-state index >= 15 is 0 Å². The van der Waals surface area contributed by atoms with Crippen LogP contribution in [0.15, 0.2) is 12.1 Å². The smallest absolute Gasteiger partial charge is 0.289 e. The van der Waals surface area contributed by atoms with E-state index in [1.165, 1.54) is 20.3 Å². The van der Waals surface area contributed by atoms with Gasteiger partial charge in [-0.05, 0) is 24.5 Å². The van der Waals surface area contributed by atoms with Gasteiger partial charge in [0.25, 0.3) is 11.7 Å². The van der Waals surface area contributed by atoms with E-state index in [0.29, 0.717) is 6.42 Å². The zero-order valence-electron chi connectivity index (χ0n) is 16.3. The molecule has 28 heavy (non-hydrogen) atoms. The molecule has 0 radical (unpaired) electrons. The first-order valence-corrected chi connectivity index (χ1v) is 9.09. The summed E-state index contributed by atoms with van der Waals surface area (Å²) in [5.74, 6) is -6.79. The van der Waals surface area contributed by atoms with Crippen LogP contribution < -0.4 is 9.47 Å². The first-order chi connectivity index (χ1) is 12.9. The van der Waals surface area contributed by atoms with Gasteiger partial charge in [0.05, 0.1) is 20.6 Å². The van der Waals surface area contributed by atoms with Gasteiger partial charge in [0.2, 0.25) is 0 Å². The van der Waals surface area contributed by atoms with Crippen molar-refractivity contribution in [2.75, 3.05) is 20.8 Å². The Hall–Kier alpha value is -1.75. The number of rotatable bonds is 4. The van der Waals surface area contributed by atoms with Crippen molar-refractivity contribution < 1.29 is 39.8 Å². The van der Waals surface area contributed by atoms with Gasteiger partial charge in [-0.15, -0.1) is 0 Å². The van der Waals surface area contributed by atoms with Crippen LogP contribution in [-0.4, -0.2) is 62.9 Å². The van der Waals surface area contributed by atoms with Crippen molar-refractivity contribution in [2.45, 2.75) is 44.1 Å². The number of carbonyl (C=O) groups excluding carboxylic acids is 1. The van der Waals surface area contributed by atoms with Crippen molar-refractivity contribution >= 4 is 5.78 Å². The number of Topliss-reactive ketones (excluding diaryl/α,β-unsaturated/α-hetero) is 1. The van der Waals surface area contributed by atoms with Crippen LogP contribution in [0, 0.1) is 11.8 Å². The SMILES string of the molecule is COc1cc2c(cc1OC)C(O)(O)C(O)(O)N1CC(CC(C)C)C(=O)CC21O. The Balaban J connectivity index is 2.22. The molecule has 1 aromatic rings. The molecule has 2 unspecified atom stereocenters. The molecule has 0 bridgehead atoms. The first kappa shape index (κ1) is 21.0. The molecule has 1 saturated heterocycles. The first-order valence-electron chi connectivity index (χ1n) is 9.09. The van der Waals surface area contributed by atoms with Crippen LogP contribution >= 0.6 is 0 Å². The number of carbonyl (C=O) groups is 1. The third-order valence-corrected chi connectivity index (χ3v) is 5.66. The van der Waals surface area contributed by atoms with Gasteiger partial charge in [-0.3, -0.25) is 4.79 Å². The van der Waals surface area contributed by atoms with Gasteiger partial charge in [0.15, 0.2) is 17.2 Å². The summed E-state index contributed by atoms with van der Waals surface area (Å²) in [6.45, 7) is 3.59. The summed E-state index contributed by atoms with van der Waals surface area (Å²) < 4.78 is 10.4. The van der Waals surface area contributed by atoms with Gasteiger partial charge in [0, 0.05) is 23.6 Å². The van der Waals surface area contributed by atoms with E-state index in [0.717, 1.165) is 11.0 Å². The molecule has 0 saturated carbocycles. The standard InChI is InChI=1S/C19H27NO8/c1-10(2)5-11-9-20-17(22,8-14(11)21)12-6-15(27-3)16(28-4)7-13(12)18(23,24)19(20,25)26/h6-7,10-11,22-26H,5,8-9H2,1-4H3. The minimum absolute atomic E-state index is 0.0646. The lowest BCUT2D eigenvalue weighted by molar-refractivity contribution is -0.463. The number of hydrogen-bond donors (Lipinski definition) is 5. The molecule has 1 fully saturated rings. The quantitative estimate of drug-likeness (QED) is 0.428. The highest BCUT2D eigenvalue weighted by atomic mass is 16.6. The van der Waals surface area contributed by atoms with Crippen LogP contribution in [0.2, 0.25) is 0 Å². The fourth-order valence-electron chi connectivity index (χ4n) is 4.22. The van der Waals surface area contributed by atoms with Crippen LogP contribution in [0.3, 0.4) is 0 Å². The van der Waals surface area contributed by atoms with E-state index < -0.39 is 29.8 Å². The van der Waals surface area contributed by atoms with Gasteiger partial charge < -0.3 is 35.0 Å². The van der Waals surface area contributed by atoms with E-state index in [1.54, 1.807) is 0 Å². The number of nitrogens with zero attached hydrogens (tertiary/aromatic N) is 1. The molecule has 1 aromatic carbocycles. The van der Waals surface area contributed by atoms with Crippen LogP contribution in [0.4, 0.5) is 0 Å². The third-order valence-electron chi connectivity index (χ3n) is 5.66. The molecule has 2 heterocycles. The largest absolute Gasteiger partial charge is 0.493 e. The minimum atomic E-state index is -3.25. The molecule has 0 spiro atoms. The lowest BCUT2D eigenvalue weighted by Gasteiger charge is -2.57. The molecule has 0 amide bonds. The summed E-state index contributed by atoms with van der Waals surface area (Å²) in [5, 5.41) is 54.0. The fraction of sp³-hybridized carbons (Fsp3) is 0.632. The Morgan fingerprint density at radius 1 is 1.07 bits per heavy atom. The van der Waals surface area contributed by atoms with Crippen LogP contribution in [-0.2, 0) is 16.3 Å². The number of methoxy groups -OCH3 is 2. The normalized spacial score (nSPS) is 28.6. The maximum absolute atomic E-state index is 12.7. The van der Waals surface area contributed by atoms with E-state index in [4.69, 9.17) is 9.47 Å². The van der Waals surface area contributed by atoms with Crippen LogP contribution in [0.1, 0.15) is 37.8 Å². The van der Waals surface area contributed by atoms with E-state index in [1.807, 2.05) is 13.8 Å². The number of aliphatic hydroxyl groups is 5. The zero-order chi connectivity index (χ0) is 21.1. The maximum atomic E-state index is 12.7. The average Bonchev–Trinajstić information content (AvgIpc) is 2.61. The Morgan fingerprint density at radius 3 is 2.11 bits per heavy atom. The van der Waals surface area contributed by atoms with Crippen LogP contribution in [0.5, 0.6) is 11.5 Å². The Labute approximate surface area is 162 Å². The third kappa shape index (κ3) is 2.81. The Kier molecular flexibility index (Phi) is 4.98. The average molecular weight is 397 g/mol. The van der Waals surface area contributed by atoms with Crippen molar-refractivity contribution in [1.82, 2.24) is 4.90 Å². The molecule has 156 valence electrons. The molecule has 0 aromatic heterocycles. The summed E-state index contributed by atoms with van der Waals surface area (Å²) in [6.07, 6.45) is 0.0238. The second kappa shape index (κ2) is 6.65. The van der Waals surface area contributed by atoms with E-state index in [9.17, 15) is 30.3 Å². The monoisotopic (exact) mass is 397 g/mol. The number of ketones is 1. The molecule has 2 atom stereocenters. The molecule has 3 rings (SSSR count). The number of fused-ring (bicyclic) bond motifs is 3. The lowest BCUT2D eigenvalue weighted by Crippen LogP contribution is -2.75. The second-order valence-corrected chi connectivity index (χ2v) is 7.96. The molecule has 2 aliphatic heterocycles. The predicted molar refractivity (Wildman–Crippen MR) is 96.0 cm³/mol. The van der Waals surface area contributed by atoms with Crippen molar-refractivity contribution in [3.8, 4) is 11.5 Å². The molecule has 9 nitrogen and oxygen atoms in total. The summed E-state index contributed by atoms with van der Waals surface area (Å²) in [5.41, 5.74) is -2.60. The number of ether oxygens (including phenoxy) is 2. The highest BCUT2D eigenvalue weighted by Crippen LogP contribution is 2.53. The van der Waals surface area contributed by atoms with Crippen molar-refractivity contribution in [2.24, 2.45) is 11.8 Å². The molecular weight excluding hydrogens is 370 g/mol. The summed E-state index contributed by atoms with van der Waals surface area (Å²) >= 11 is 0. The van der Waals surface area contributed by atoms with Crippen molar-refractivity contribution in [3.05, 3.63) is 23.3 Å². The van der Waals surface area contributed by atoms with Gasteiger partial charge in [-0.1, -0.05) is 13.8 Å². The highest BCUT2D eigenvalue weighted by Gasteiger charge is 2.67. The zero-order valence-corrected chi connectivity index (χ0v) is 16.3. The van der Waals surface area contributed by atoms with Crippen LogP contribution in [0.25, 0.3) is 0 Å². The topological polar surface area (TPSA) is 140 Å².